The third-order valence-corrected chi connectivity index (χ3v) is 4.01. The van der Waals surface area contributed by atoms with Gasteiger partial charge in [0.1, 0.15) is 11.1 Å². The zero-order valence-corrected chi connectivity index (χ0v) is 13.5. The predicted octanol–water partition coefficient (Wildman–Crippen LogP) is 2.72. The molecule has 0 saturated carbocycles. The Labute approximate surface area is 129 Å². The average molecular weight is 440 g/mol. The molecule has 96 valence electrons. The zero-order valence-electron chi connectivity index (χ0n) is 9.79. The van der Waals surface area contributed by atoms with Crippen molar-refractivity contribution < 1.29 is 31.0 Å². The first-order chi connectivity index (χ1) is 8.74. The molecule has 1 unspecified atom stereocenters. The summed E-state index contributed by atoms with van der Waals surface area (Å²) in [6.07, 6.45) is 0. The number of carbonyl (C=O) groups excluding carboxylic acids is 1. The number of amides is 1. The third kappa shape index (κ3) is 2.85. The molecule has 0 bridgehead atoms. The van der Waals surface area contributed by atoms with Crippen LogP contribution in [0.5, 0.6) is 5.75 Å². The summed E-state index contributed by atoms with van der Waals surface area (Å²) in [6.45, 7) is 0. The molecule has 2 N–H and O–H groups in total. The van der Waals surface area contributed by atoms with E-state index < -0.39 is 0 Å². The van der Waals surface area contributed by atoms with Gasteiger partial charge in [0.15, 0.2) is 5.91 Å². The number of hydrogen-bond donors (Lipinski definition) is 2. The maximum atomic E-state index is 11.9. The van der Waals surface area contributed by atoms with Crippen molar-refractivity contribution in [1.82, 2.24) is 5.32 Å². The van der Waals surface area contributed by atoms with E-state index in [1.165, 1.54) is 0 Å². The van der Waals surface area contributed by atoms with Gasteiger partial charge in [0.25, 0.3) is 0 Å². The van der Waals surface area contributed by atoms with Gasteiger partial charge in [-0.3, -0.25) is 4.79 Å². The standard InChI is InChI=1S/C14H10NO2S.W/c16-10-7-5-9(6-8-10)14-15-13(17)11-3-1-2-4-12(11)18-14;/h2-8,14,16H,(H,15,17);/q-1;. The quantitative estimate of drug-likeness (QED) is 0.671. The Morgan fingerprint density at radius 2 is 1.95 bits per heavy atom. The Bertz CT molecular complexity index is 601. The van der Waals surface area contributed by atoms with Crippen LogP contribution in [-0.4, -0.2) is 11.0 Å². The molecular formula is C14H10NO2SW-. The first-order valence-corrected chi connectivity index (χ1v) is 6.38. The van der Waals surface area contributed by atoms with Crippen LogP contribution in [0.25, 0.3) is 0 Å². The number of rotatable bonds is 1. The molecule has 3 rings (SSSR count). The van der Waals surface area contributed by atoms with Crippen LogP contribution in [0.2, 0.25) is 0 Å². The number of hydrogen-bond acceptors (Lipinski definition) is 3. The SMILES string of the molecule is O=C1NC(c2ccc(O)cc2)Sc2cc[c-]cc21.[W]. The van der Waals surface area contributed by atoms with Crippen molar-refractivity contribution in [2.75, 3.05) is 0 Å². The van der Waals surface area contributed by atoms with Crippen molar-refractivity contribution in [3.63, 3.8) is 0 Å². The fourth-order valence-electron chi connectivity index (χ4n) is 1.85. The van der Waals surface area contributed by atoms with Crippen molar-refractivity contribution in [3.05, 3.63) is 59.7 Å². The first-order valence-electron chi connectivity index (χ1n) is 5.50. The molecular weight excluding hydrogens is 430 g/mol. The molecule has 2 aromatic carbocycles. The van der Waals surface area contributed by atoms with E-state index in [4.69, 9.17) is 0 Å². The molecule has 1 amide bonds. The van der Waals surface area contributed by atoms with E-state index in [9.17, 15) is 9.90 Å². The molecule has 1 atom stereocenters. The monoisotopic (exact) mass is 440 g/mol. The van der Waals surface area contributed by atoms with Crippen LogP contribution in [0.4, 0.5) is 0 Å². The van der Waals surface area contributed by atoms with E-state index in [1.54, 1.807) is 36.0 Å². The minimum absolute atomic E-state index is 0. The number of aromatic hydroxyl groups is 1. The Balaban J connectivity index is 0.00000133. The van der Waals surface area contributed by atoms with Gasteiger partial charge in [-0.2, -0.15) is 24.3 Å². The number of nitrogens with one attached hydrogen (secondary N) is 1. The Hall–Kier alpha value is -1.25. The summed E-state index contributed by atoms with van der Waals surface area (Å²) in [6, 6.07) is 15.2. The molecule has 2 aromatic rings. The van der Waals surface area contributed by atoms with Crippen molar-refractivity contribution in [3.8, 4) is 5.75 Å². The van der Waals surface area contributed by atoms with Crippen LogP contribution in [-0.2, 0) is 21.1 Å². The maximum absolute atomic E-state index is 11.9. The molecule has 0 fully saturated rings. The molecule has 1 heterocycles. The minimum Gasteiger partial charge on any atom is -0.508 e. The second-order valence-electron chi connectivity index (χ2n) is 3.99. The van der Waals surface area contributed by atoms with Crippen molar-refractivity contribution in [2.45, 2.75) is 10.3 Å². The molecule has 19 heavy (non-hydrogen) atoms. The normalized spacial score (nSPS) is 17.1. The van der Waals surface area contributed by atoms with Gasteiger partial charge < -0.3 is 10.4 Å². The molecule has 5 heteroatoms. The Morgan fingerprint density at radius 3 is 2.68 bits per heavy atom. The Kier molecular flexibility index (Phi) is 4.33. The zero-order chi connectivity index (χ0) is 12.5. The summed E-state index contributed by atoms with van der Waals surface area (Å²) in [7, 11) is 0. The molecule has 0 radical (unpaired) electrons. The molecule has 3 nitrogen and oxygen atoms in total. The summed E-state index contributed by atoms with van der Waals surface area (Å²) in [5.41, 5.74) is 1.63. The largest absolute Gasteiger partial charge is 0.508 e. The van der Waals surface area contributed by atoms with Crippen LogP contribution >= 0.6 is 11.8 Å². The number of carbonyl (C=O) groups is 1. The first kappa shape index (κ1) is 14.2. The summed E-state index contributed by atoms with van der Waals surface area (Å²) >= 11 is 1.59. The van der Waals surface area contributed by atoms with Crippen LogP contribution in [0, 0.1) is 6.07 Å². The van der Waals surface area contributed by atoms with Gasteiger partial charge in [0, 0.05) is 21.1 Å². The van der Waals surface area contributed by atoms with Gasteiger partial charge in [-0.1, -0.05) is 22.6 Å². The molecule has 0 spiro atoms. The van der Waals surface area contributed by atoms with E-state index in [1.807, 2.05) is 18.2 Å². The van der Waals surface area contributed by atoms with E-state index >= 15 is 0 Å². The summed E-state index contributed by atoms with van der Waals surface area (Å²) in [4.78, 5) is 12.9. The number of thioether (sulfide) groups is 1. The second-order valence-corrected chi connectivity index (χ2v) is 5.13. The molecule has 1 aliphatic heterocycles. The van der Waals surface area contributed by atoms with Crippen LogP contribution < -0.4 is 5.32 Å². The molecule has 0 aliphatic carbocycles. The van der Waals surface area contributed by atoms with Crippen molar-refractivity contribution in [1.29, 1.82) is 0 Å². The number of benzene rings is 2. The predicted molar refractivity (Wildman–Crippen MR) is 69.4 cm³/mol. The number of fused-ring (bicyclic) bond motifs is 1. The van der Waals surface area contributed by atoms with Gasteiger partial charge in [0.05, 0.1) is 0 Å². The van der Waals surface area contributed by atoms with E-state index in [0.717, 1.165) is 10.5 Å². The third-order valence-electron chi connectivity index (χ3n) is 2.77. The smallest absolute Gasteiger partial charge is 0.197 e. The molecule has 0 saturated heterocycles. The second kappa shape index (κ2) is 5.81. The van der Waals surface area contributed by atoms with Gasteiger partial charge in [-0.25, -0.2) is 0 Å². The van der Waals surface area contributed by atoms with E-state index in [-0.39, 0.29) is 38.1 Å². The van der Waals surface area contributed by atoms with Crippen molar-refractivity contribution >= 4 is 17.7 Å². The van der Waals surface area contributed by atoms with Crippen molar-refractivity contribution in [2.24, 2.45) is 0 Å². The van der Waals surface area contributed by atoms with Crippen LogP contribution in [0.3, 0.4) is 0 Å². The van der Waals surface area contributed by atoms with Crippen LogP contribution in [0.15, 0.2) is 47.4 Å². The molecule has 1 aliphatic rings. The summed E-state index contributed by atoms with van der Waals surface area (Å²) in [5.74, 6) is 0.138. The van der Waals surface area contributed by atoms with Crippen LogP contribution in [0.1, 0.15) is 21.3 Å². The number of phenolic OH excluding ortho intramolecular Hbond substituents is 1. The van der Waals surface area contributed by atoms with Gasteiger partial charge >= 0.3 is 0 Å². The van der Waals surface area contributed by atoms with E-state index in [2.05, 4.69) is 11.4 Å². The Morgan fingerprint density at radius 1 is 1.21 bits per heavy atom. The summed E-state index contributed by atoms with van der Waals surface area (Å²) in [5, 5.41) is 12.1. The van der Waals surface area contributed by atoms with Gasteiger partial charge in [-0.15, -0.1) is 11.8 Å². The molecule has 0 aromatic heterocycles. The topological polar surface area (TPSA) is 49.3 Å². The average Bonchev–Trinajstić information content (AvgIpc) is 2.39. The van der Waals surface area contributed by atoms with E-state index in [0.29, 0.717) is 5.56 Å². The van der Waals surface area contributed by atoms with Gasteiger partial charge in [-0.05, 0) is 17.7 Å². The van der Waals surface area contributed by atoms with Gasteiger partial charge in [0.2, 0.25) is 0 Å². The maximum Gasteiger partial charge on any atom is 0.197 e. The number of phenols is 1. The fraction of sp³-hybridized carbons (Fsp3) is 0.0714. The fourth-order valence-corrected chi connectivity index (χ4v) is 2.99. The minimum atomic E-state index is -0.118. The summed E-state index contributed by atoms with van der Waals surface area (Å²) < 4.78 is 0.